The van der Waals surface area contributed by atoms with Crippen LogP contribution < -0.4 is 10.9 Å². The number of carbonyl (C=O) groups is 2. The molecule has 1 aliphatic heterocycles. The average Bonchev–Trinajstić information content (AvgIpc) is 2.85. The van der Waals surface area contributed by atoms with Gasteiger partial charge in [0.05, 0.1) is 12.0 Å². The normalized spacial score (nSPS) is 20.6. The molecule has 1 aromatic rings. The van der Waals surface area contributed by atoms with E-state index in [1.54, 1.807) is 0 Å². The van der Waals surface area contributed by atoms with E-state index in [9.17, 15) is 14.8 Å². The van der Waals surface area contributed by atoms with E-state index in [1.807, 2.05) is 44.2 Å². The molecule has 0 radical (unpaired) electrons. The van der Waals surface area contributed by atoms with E-state index in [0.717, 1.165) is 10.6 Å². The Kier molecular flexibility index (Phi) is 5.74. The minimum Gasteiger partial charge on any atom is -0.291 e. The number of hydrogen-bond acceptors (Lipinski definition) is 4. The van der Waals surface area contributed by atoms with Crippen molar-refractivity contribution in [1.82, 2.24) is 15.9 Å². The lowest BCUT2D eigenvalue weighted by atomic mass is 9.77. The van der Waals surface area contributed by atoms with Crippen molar-refractivity contribution in [1.29, 1.82) is 0 Å². The Morgan fingerprint density at radius 2 is 2.04 bits per heavy atom. The molecule has 6 heteroatoms. The molecule has 1 fully saturated rings. The quantitative estimate of drug-likeness (QED) is 0.525. The number of amides is 2. The molecule has 6 nitrogen and oxygen atoms in total. The summed E-state index contributed by atoms with van der Waals surface area (Å²) in [5.74, 6) is -0.304. The highest BCUT2D eigenvalue weighted by Gasteiger charge is 2.45. The fourth-order valence-electron chi connectivity index (χ4n) is 3.05. The maximum atomic E-state index is 12.3. The van der Waals surface area contributed by atoms with E-state index in [0.29, 0.717) is 19.4 Å². The van der Waals surface area contributed by atoms with Crippen LogP contribution in [0, 0.1) is 11.3 Å². The van der Waals surface area contributed by atoms with Gasteiger partial charge in [-0.25, -0.2) is 10.5 Å². The molecule has 0 spiro atoms. The highest BCUT2D eigenvalue weighted by Crippen LogP contribution is 2.33. The van der Waals surface area contributed by atoms with Crippen molar-refractivity contribution in [2.75, 3.05) is 13.1 Å². The monoisotopic (exact) mass is 319 g/mol. The van der Waals surface area contributed by atoms with Gasteiger partial charge in [0.25, 0.3) is 0 Å². The summed E-state index contributed by atoms with van der Waals surface area (Å²) < 4.78 is 0. The lowest BCUT2D eigenvalue weighted by molar-refractivity contribution is -0.168. The molecule has 2 amide bonds. The van der Waals surface area contributed by atoms with Crippen LogP contribution in [0.4, 0.5) is 0 Å². The third-order valence-corrected chi connectivity index (χ3v) is 4.14. The van der Waals surface area contributed by atoms with Crippen molar-refractivity contribution < 1.29 is 14.8 Å². The van der Waals surface area contributed by atoms with Gasteiger partial charge in [0.15, 0.2) is 0 Å². The van der Waals surface area contributed by atoms with Crippen molar-refractivity contribution in [2.24, 2.45) is 11.3 Å². The van der Waals surface area contributed by atoms with Crippen LogP contribution in [0.3, 0.4) is 0 Å². The zero-order chi connectivity index (χ0) is 16.9. The van der Waals surface area contributed by atoms with E-state index >= 15 is 0 Å². The summed E-state index contributed by atoms with van der Waals surface area (Å²) in [5, 5.41) is 10.7. The fourth-order valence-corrected chi connectivity index (χ4v) is 3.05. The molecule has 1 unspecified atom stereocenters. The molecule has 0 bridgehead atoms. The van der Waals surface area contributed by atoms with Gasteiger partial charge in [-0.15, -0.1) is 0 Å². The third kappa shape index (κ3) is 4.53. The van der Waals surface area contributed by atoms with Gasteiger partial charge in [-0.2, -0.15) is 0 Å². The Labute approximate surface area is 136 Å². The topological polar surface area (TPSA) is 81.7 Å². The lowest BCUT2D eigenvalue weighted by Crippen LogP contribution is -2.41. The van der Waals surface area contributed by atoms with Crippen molar-refractivity contribution in [3.63, 3.8) is 0 Å². The van der Waals surface area contributed by atoms with E-state index in [2.05, 4.69) is 10.9 Å². The molecule has 2 rings (SSSR count). The van der Waals surface area contributed by atoms with Crippen LogP contribution >= 0.6 is 0 Å². The summed E-state index contributed by atoms with van der Waals surface area (Å²) in [6.07, 6.45) is 1.18. The molecule has 3 N–H and O–H groups in total. The van der Waals surface area contributed by atoms with Gasteiger partial charge in [0.1, 0.15) is 0 Å². The predicted octanol–water partition coefficient (Wildman–Crippen LogP) is 1.50. The van der Waals surface area contributed by atoms with Crippen molar-refractivity contribution in [2.45, 2.75) is 33.1 Å². The highest BCUT2D eigenvalue weighted by atomic mass is 16.5. The summed E-state index contributed by atoms with van der Waals surface area (Å²) in [7, 11) is 0. The van der Waals surface area contributed by atoms with Gasteiger partial charge < -0.3 is 0 Å². The minimum absolute atomic E-state index is 0.00923. The van der Waals surface area contributed by atoms with Gasteiger partial charge in [0.2, 0.25) is 11.8 Å². The predicted molar refractivity (Wildman–Crippen MR) is 86.3 cm³/mol. The van der Waals surface area contributed by atoms with Crippen LogP contribution in [0.15, 0.2) is 30.3 Å². The van der Waals surface area contributed by atoms with Crippen LogP contribution in [0.25, 0.3) is 0 Å². The summed E-state index contributed by atoms with van der Waals surface area (Å²) >= 11 is 0. The van der Waals surface area contributed by atoms with Crippen LogP contribution in [0.1, 0.15) is 32.3 Å². The van der Waals surface area contributed by atoms with Crippen LogP contribution in [0.5, 0.6) is 0 Å². The van der Waals surface area contributed by atoms with E-state index in [-0.39, 0.29) is 24.8 Å². The Morgan fingerprint density at radius 1 is 1.35 bits per heavy atom. The zero-order valence-electron chi connectivity index (χ0n) is 13.7. The molecule has 23 heavy (non-hydrogen) atoms. The van der Waals surface area contributed by atoms with Crippen LogP contribution in [0.2, 0.25) is 0 Å². The molecule has 0 saturated carbocycles. The second-order valence-corrected chi connectivity index (χ2v) is 6.62. The van der Waals surface area contributed by atoms with E-state index < -0.39 is 11.3 Å². The Morgan fingerprint density at radius 3 is 2.61 bits per heavy atom. The molecule has 1 saturated heterocycles. The largest absolute Gasteiger partial charge is 0.291 e. The average molecular weight is 319 g/mol. The van der Waals surface area contributed by atoms with Crippen LogP contribution in [-0.2, 0) is 16.0 Å². The number of nitrogens with zero attached hydrogens (tertiary/aromatic N) is 1. The van der Waals surface area contributed by atoms with Crippen molar-refractivity contribution >= 4 is 11.8 Å². The van der Waals surface area contributed by atoms with Gasteiger partial charge in [0, 0.05) is 13.0 Å². The summed E-state index contributed by atoms with van der Waals surface area (Å²) in [4.78, 5) is 24.5. The van der Waals surface area contributed by atoms with Crippen molar-refractivity contribution in [3.8, 4) is 0 Å². The number of hydroxylamine groups is 2. The van der Waals surface area contributed by atoms with Gasteiger partial charge in [-0.05, 0) is 24.3 Å². The molecule has 126 valence electrons. The standard InChI is InChI=1S/C17H25N3O3/c1-13(2)10-17(12-18-19-16(17)22)11-15(21)20(23)9-8-14-6-4-3-5-7-14/h3-7,13,18,23H,8-12H2,1-2H3,(H,19,22). The SMILES string of the molecule is CC(C)CC1(CC(=O)N(O)CCc2ccccc2)CNNC1=O. The first-order valence-electron chi connectivity index (χ1n) is 7.99. The van der Waals surface area contributed by atoms with Crippen LogP contribution in [-0.4, -0.2) is 35.2 Å². The molecule has 0 aliphatic carbocycles. The Hall–Kier alpha value is -1.92. The maximum Gasteiger partial charge on any atom is 0.247 e. The van der Waals surface area contributed by atoms with Gasteiger partial charge >= 0.3 is 0 Å². The van der Waals surface area contributed by atoms with Gasteiger partial charge in [-0.3, -0.25) is 20.2 Å². The first-order chi connectivity index (χ1) is 10.9. The summed E-state index contributed by atoms with van der Waals surface area (Å²) in [6.45, 7) is 4.66. The number of nitrogens with one attached hydrogen (secondary N) is 2. The maximum absolute atomic E-state index is 12.3. The highest BCUT2D eigenvalue weighted by molar-refractivity contribution is 5.90. The van der Waals surface area contributed by atoms with Crippen molar-refractivity contribution in [3.05, 3.63) is 35.9 Å². The van der Waals surface area contributed by atoms with Gasteiger partial charge in [-0.1, -0.05) is 44.2 Å². The fraction of sp³-hybridized carbons (Fsp3) is 0.529. The molecule has 1 heterocycles. The molecule has 1 aliphatic rings. The Bertz CT molecular complexity index is 547. The number of carbonyl (C=O) groups excluding carboxylic acids is 2. The summed E-state index contributed by atoms with van der Waals surface area (Å²) in [5.41, 5.74) is 5.67. The number of hydrogen-bond donors (Lipinski definition) is 3. The second kappa shape index (κ2) is 7.57. The molecule has 0 aromatic heterocycles. The Balaban J connectivity index is 1.94. The van der Waals surface area contributed by atoms with E-state index in [4.69, 9.17) is 0 Å². The lowest BCUT2D eigenvalue weighted by Gasteiger charge is -2.28. The number of benzene rings is 1. The molecule has 1 aromatic carbocycles. The molecular formula is C17H25N3O3. The first-order valence-corrected chi connectivity index (χ1v) is 7.99. The zero-order valence-corrected chi connectivity index (χ0v) is 13.7. The third-order valence-electron chi connectivity index (χ3n) is 4.14. The summed E-state index contributed by atoms with van der Waals surface area (Å²) in [6, 6.07) is 9.67. The first kappa shape index (κ1) is 17.4. The second-order valence-electron chi connectivity index (χ2n) is 6.62. The molecular weight excluding hydrogens is 294 g/mol. The number of rotatable bonds is 7. The molecule has 1 atom stereocenters. The smallest absolute Gasteiger partial charge is 0.247 e. The minimum atomic E-state index is -0.779. The van der Waals surface area contributed by atoms with E-state index in [1.165, 1.54) is 0 Å². The number of hydrazine groups is 1.